The Morgan fingerprint density at radius 2 is 1.80 bits per heavy atom. The summed E-state index contributed by atoms with van der Waals surface area (Å²) >= 11 is 5.61. The number of para-hydroxylation sites is 1. The first-order valence-corrected chi connectivity index (χ1v) is 10.1. The van der Waals surface area contributed by atoms with Gasteiger partial charge in [0.2, 0.25) is 0 Å². The second-order valence-corrected chi connectivity index (χ2v) is 7.35. The van der Waals surface area contributed by atoms with Crippen molar-refractivity contribution in [2.24, 2.45) is 0 Å². The van der Waals surface area contributed by atoms with Crippen LogP contribution in [0, 0.1) is 6.92 Å². The van der Waals surface area contributed by atoms with E-state index in [0.717, 1.165) is 23.2 Å². The van der Waals surface area contributed by atoms with Crippen LogP contribution < -0.4 is 27.2 Å². The maximum atomic E-state index is 12.7. The average molecular weight is 424 g/mol. The summed E-state index contributed by atoms with van der Waals surface area (Å²) in [6.07, 6.45) is 0.728. The van der Waals surface area contributed by atoms with Gasteiger partial charge in [0.1, 0.15) is 5.82 Å². The third-order valence-electron chi connectivity index (χ3n) is 4.75. The molecular formula is C22H25N5O2S. The first kappa shape index (κ1) is 21.3. The fraction of sp³-hybridized carbons (Fsp3) is 0.227. The first-order valence-electron chi connectivity index (χ1n) is 9.73. The van der Waals surface area contributed by atoms with Crippen LogP contribution in [0.15, 0.2) is 64.2 Å². The van der Waals surface area contributed by atoms with Gasteiger partial charge in [0, 0.05) is 12.2 Å². The molecule has 0 aliphatic heterocycles. The average Bonchev–Trinajstić information content (AvgIpc) is 2.72. The van der Waals surface area contributed by atoms with E-state index in [1.807, 2.05) is 68.4 Å². The van der Waals surface area contributed by atoms with Crippen LogP contribution in [-0.2, 0) is 6.54 Å². The van der Waals surface area contributed by atoms with E-state index in [9.17, 15) is 9.59 Å². The smallest absolute Gasteiger partial charge is 0.330 e. The van der Waals surface area contributed by atoms with Crippen LogP contribution in [0.2, 0.25) is 0 Å². The Morgan fingerprint density at radius 3 is 2.47 bits per heavy atom. The monoisotopic (exact) mass is 423 g/mol. The lowest BCUT2D eigenvalue weighted by atomic mass is 10.2. The molecule has 0 spiro atoms. The number of nitrogens with one attached hydrogen (secondary N) is 2. The molecule has 8 heteroatoms. The summed E-state index contributed by atoms with van der Waals surface area (Å²) in [4.78, 5) is 29.2. The Morgan fingerprint density at radius 1 is 1.13 bits per heavy atom. The van der Waals surface area contributed by atoms with E-state index in [0.29, 0.717) is 11.7 Å². The van der Waals surface area contributed by atoms with Gasteiger partial charge in [-0.15, -0.1) is 0 Å². The maximum Gasteiger partial charge on any atom is 0.330 e. The molecule has 0 amide bonds. The summed E-state index contributed by atoms with van der Waals surface area (Å²) in [5, 5.41) is 3.53. The minimum Gasteiger partial charge on any atom is -0.383 e. The van der Waals surface area contributed by atoms with Gasteiger partial charge in [-0.3, -0.25) is 14.3 Å². The number of nitrogens with two attached hydrogens (primary N) is 1. The fourth-order valence-electron chi connectivity index (χ4n) is 3.20. The molecule has 3 aromatic rings. The van der Waals surface area contributed by atoms with Gasteiger partial charge in [-0.1, -0.05) is 55.5 Å². The summed E-state index contributed by atoms with van der Waals surface area (Å²) in [5.41, 5.74) is 8.14. The maximum absolute atomic E-state index is 12.7. The van der Waals surface area contributed by atoms with Crippen molar-refractivity contribution in [3.8, 4) is 0 Å². The molecule has 3 rings (SSSR count). The van der Waals surface area contributed by atoms with E-state index in [-0.39, 0.29) is 18.1 Å². The van der Waals surface area contributed by atoms with Gasteiger partial charge in [-0.05, 0) is 42.8 Å². The molecule has 4 N–H and O–H groups in total. The number of aromatic nitrogens is 2. The molecule has 0 fully saturated rings. The lowest BCUT2D eigenvalue weighted by molar-refractivity contribution is 0.728. The summed E-state index contributed by atoms with van der Waals surface area (Å²) < 4.78 is 1.35. The van der Waals surface area contributed by atoms with Crippen molar-refractivity contribution in [2.75, 3.05) is 22.5 Å². The van der Waals surface area contributed by atoms with Crippen molar-refractivity contribution in [3.05, 3.63) is 86.6 Å². The van der Waals surface area contributed by atoms with Gasteiger partial charge < -0.3 is 16.0 Å². The second-order valence-electron chi connectivity index (χ2n) is 6.96. The van der Waals surface area contributed by atoms with Gasteiger partial charge in [-0.2, -0.15) is 0 Å². The quantitative estimate of drug-likeness (QED) is 0.527. The molecule has 30 heavy (non-hydrogen) atoms. The van der Waals surface area contributed by atoms with E-state index in [1.165, 1.54) is 4.57 Å². The van der Waals surface area contributed by atoms with Crippen molar-refractivity contribution in [3.63, 3.8) is 0 Å². The molecule has 0 radical (unpaired) electrons. The van der Waals surface area contributed by atoms with E-state index >= 15 is 0 Å². The van der Waals surface area contributed by atoms with Crippen molar-refractivity contribution >= 4 is 34.5 Å². The Hall–Kier alpha value is -3.39. The number of benzene rings is 2. The minimum absolute atomic E-state index is 0.0787. The number of aromatic amines is 1. The topological polar surface area (TPSA) is 96.2 Å². The molecule has 0 unspecified atom stereocenters. The van der Waals surface area contributed by atoms with Crippen molar-refractivity contribution in [1.29, 1.82) is 0 Å². The molecule has 0 bridgehead atoms. The number of aryl methyl sites for hydroxylation is 1. The number of nitrogen functional groups attached to an aromatic ring is 1. The molecule has 7 nitrogen and oxygen atoms in total. The van der Waals surface area contributed by atoms with Crippen molar-refractivity contribution < 1.29 is 0 Å². The summed E-state index contributed by atoms with van der Waals surface area (Å²) in [6, 6.07) is 17.2. The lowest BCUT2D eigenvalue weighted by Crippen LogP contribution is -2.43. The molecular weight excluding hydrogens is 398 g/mol. The highest BCUT2D eigenvalue weighted by Gasteiger charge is 2.22. The number of hydrogen-bond acceptors (Lipinski definition) is 4. The highest BCUT2D eigenvalue weighted by atomic mass is 32.1. The number of nitrogens with zero attached hydrogens (tertiary/aromatic N) is 2. The highest BCUT2D eigenvalue weighted by Crippen LogP contribution is 2.21. The van der Waals surface area contributed by atoms with Crippen LogP contribution in [0.1, 0.15) is 24.5 Å². The van der Waals surface area contributed by atoms with Crippen LogP contribution in [0.4, 0.5) is 17.2 Å². The molecule has 0 aliphatic rings. The van der Waals surface area contributed by atoms with Gasteiger partial charge >= 0.3 is 5.69 Å². The van der Waals surface area contributed by atoms with Gasteiger partial charge in [-0.25, -0.2) is 4.79 Å². The van der Waals surface area contributed by atoms with E-state index in [2.05, 4.69) is 10.3 Å². The number of rotatable bonds is 6. The van der Waals surface area contributed by atoms with Crippen LogP contribution in [0.5, 0.6) is 0 Å². The van der Waals surface area contributed by atoms with E-state index in [4.69, 9.17) is 18.0 Å². The molecule has 1 heterocycles. The normalized spacial score (nSPS) is 10.6. The third-order valence-corrected chi connectivity index (χ3v) is 5.07. The number of hydrogen-bond donors (Lipinski definition) is 3. The van der Waals surface area contributed by atoms with Gasteiger partial charge in [0.25, 0.3) is 5.56 Å². The van der Waals surface area contributed by atoms with E-state index in [1.54, 1.807) is 4.90 Å². The zero-order chi connectivity index (χ0) is 21.7. The zero-order valence-electron chi connectivity index (χ0n) is 17.0. The molecule has 0 aliphatic carbocycles. The molecule has 1 aromatic heterocycles. The number of H-pyrrole nitrogens is 1. The molecule has 0 saturated carbocycles. The molecule has 0 atom stereocenters. The highest BCUT2D eigenvalue weighted by molar-refractivity contribution is 7.80. The second kappa shape index (κ2) is 9.41. The van der Waals surface area contributed by atoms with Gasteiger partial charge in [0.15, 0.2) is 10.8 Å². The van der Waals surface area contributed by atoms with E-state index < -0.39 is 11.2 Å². The summed E-state index contributed by atoms with van der Waals surface area (Å²) in [7, 11) is 0. The van der Waals surface area contributed by atoms with Crippen LogP contribution in [0.3, 0.4) is 0 Å². The Bertz CT molecular complexity index is 1150. The summed E-state index contributed by atoms with van der Waals surface area (Å²) in [6.45, 7) is 4.66. The minimum atomic E-state index is -0.566. The van der Waals surface area contributed by atoms with Crippen molar-refractivity contribution in [2.45, 2.75) is 26.8 Å². The largest absolute Gasteiger partial charge is 0.383 e. The van der Waals surface area contributed by atoms with Crippen LogP contribution in [0.25, 0.3) is 0 Å². The summed E-state index contributed by atoms with van der Waals surface area (Å²) in [5.74, 6) is 0.0787. The Balaban J connectivity index is 2.02. The lowest BCUT2D eigenvalue weighted by Gasteiger charge is -2.27. The fourth-order valence-corrected chi connectivity index (χ4v) is 3.49. The van der Waals surface area contributed by atoms with Crippen LogP contribution >= 0.6 is 12.2 Å². The third kappa shape index (κ3) is 4.60. The van der Waals surface area contributed by atoms with Gasteiger partial charge in [0.05, 0.1) is 6.54 Å². The SMILES string of the molecule is CCCN(C(=S)Nc1ccccc1C)c1c(N)n(Cc2ccccc2)c(=O)[nH]c1=O. The first-order chi connectivity index (χ1) is 14.4. The number of thiocarbonyl (C=S) groups is 1. The predicted molar refractivity (Wildman–Crippen MR) is 126 cm³/mol. The standard InChI is InChI=1S/C22H25N5O2S/c1-3-13-26(22(30)24-17-12-8-7-9-15(17)2)18-19(23)27(21(29)25-20(18)28)14-16-10-5-4-6-11-16/h4-12H,3,13-14,23H2,1-2H3,(H,24,30)(H,25,28,29). The molecule has 2 aromatic carbocycles. The van der Waals surface area contributed by atoms with Crippen molar-refractivity contribution in [1.82, 2.24) is 9.55 Å². The predicted octanol–water partition coefficient (Wildman–Crippen LogP) is 3.09. The zero-order valence-corrected chi connectivity index (χ0v) is 17.8. The molecule has 156 valence electrons. The van der Waals surface area contributed by atoms with Crippen LogP contribution in [-0.4, -0.2) is 21.2 Å². The molecule has 0 saturated heterocycles. The Kier molecular flexibility index (Phi) is 6.68. The Labute approximate surface area is 180 Å². The number of anilines is 3.